The molecule has 0 aliphatic rings. The minimum absolute atomic E-state index is 0.0779. The lowest BCUT2D eigenvalue weighted by molar-refractivity contribution is 0.0953. The summed E-state index contributed by atoms with van der Waals surface area (Å²) in [4.78, 5) is 24.5. The van der Waals surface area contributed by atoms with Crippen LogP contribution in [-0.4, -0.2) is 40.9 Å². The minimum atomic E-state index is -0.0779. The van der Waals surface area contributed by atoms with Crippen LogP contribution in [-0.2, 0) is 6.54 Å². The fraction of sp³-hybridized carbons (Fsp3) is 0.222. The van der Waals surface area contributed by atoms with E-state index in [4.69, 9.17) is 4.98 Å². The van der Waals surface area contributed by atoms with Crippen LogP contribution in [0.5, 0.6) is 0 Å². The highest BCUT2D eigenvalue weighted by molar-refractivity contribution is 6.07. The van der Waals surface area contributed by atoms with Gasteiger partial charge >= 0.3 is 0 Å². The van der Waals surface area contributed by atoms with Crippen LogP contribution in [0.4, 0.5) is 0 Å². The Bertz CT molecular complexity index is 1190. The van der Waals surface area contributed by atoms with Crippen molar-refractivity contribution < 1.29 is 4.79 Å². The molecule has 4 aromatic rings. The van der Waals surface area contributed by atoms with Crippen molar-refractivity contribution in [1.29, 1.82) is 0 Å². The Morgan fingerprint density at radius 2 is 1.78 bits per heavy atom. The van der Waals surface area contributed by atoms with Gasteiger partial charge in [0.1, 0.15) is 0 Å². The summed E-state index contributed by atoms with van der Waals surface area (Å²) < 4.78 is 0. The summed E-state index contributed by atoms with van der Waals surface area (Å²) >= 11 is 0. The molecule has 1 amide bonds. The van der Waals surface area contributed by atoms with Crippen LogP contribution in [0.2, 0.25) is 0 Å². The predicted molar refractivity (Wildman–Crippen MR) is 129 cm³/mol. The van der Waals surface area contributed by atoms with Crippen molar-refractivity contribution in [2.75, 3.05) is 20.1 Å². The van der Waals surface area contributed by atoms with E-state index >= 15 is 0 Å². The van der Waals surface area contributed by atoms with Crippen molar-refractivity contribution in [3.05, 3.63) is 95.7 Å². The quantitative estimate of drug-likeness (QED) is 0.411. The number of benzene rings is 2. The van der Waals surface area contributed by atoms with Crippen LogP contribution < -0.4 is 5.32 Å². The predicted octanol–water partition coefficient (Wildman–Crippen LogP) is 4.86. The van der Waals surface area contributed by atoms with Crippen molar-refractivity contribution in [2.24, 2.45) is 0 Å². The molecule has 4 rings (SSSR count). The first-order valence-corrected chi connectivity index (χ1v) is 10.9. The Kier molecular flexibility index (Phi) is 6.87. The average Bonchev–Trinajstić information content (AvgIpc) is 2.82. The molecule has 5 heteroatoms. The number of aryl methyl sites for hydroxylation is 1. The highest BCUT2D eigenvalue weighted by Gasteiger charge is 2.14. The first-order valence-electron chi connectivity index (χ1n) is 10.9. The normalized spacial score (nSPS) is 11.1. The van der Waals surface area contributed by atoms with E-state index in [9.17, 15) is 4.79 Å². The summed E-state index contributed by atoms with van der Waals surface area (Å²) in [6.07, 6.45) is 2.62. The molecule has 0 bridgehead atoms. The summed E-state index contributed by atoms with van der Waals surface area (Å²) in [5.41, 5.74) is 5.28. The zero-order valence-electron chi connectivity index (χ0n) is 18.6. The van der Waals surface area contributed by atoms with Gasteiger partial charge in [0.2, 0.25) is 0 Å². The lowest BCUT2D eigenvalue weighted by Crippen LogP contribution is -2.28. The zero-order chi connectivity index (χ0) is 22.3. The summed E-state index contributed by atoms with van der Waals surface area (Å²) in [5.74, 6) is -0.0779. The summed E-state index contributed by atoms with van der Waals surface area (Å²) in [6, 6.07) is 24.0. The van der Waals surface area contributed by atoms with Crippen LogP contribution in [0.15, 0.2) is 79.0 Å². The molecule has 2 heterocycles. The Morgan fingerprint density at radius 1 is 0.969 bits per heavy atom. The highest BCUT2D eigenvalue weighted by Crippen LogP contribution is 2.24. The maximum Gasteiger partial charge on any atom is 0.252 e. The van der Waals surface area contributed by atoms with Crippen molar-refractivity contribution in [1.82, 2.24) is 20.2 Å². The van der Waals surface area contributed by atoms with Crippen LogP contribution in [0.3, 0.4) is 0 Å². The highest BCUT2D eigenvalue weighted by atomic mass is 16.1. The van der Waals surface area contributed by atoms with Gasteiger partial charge in [0.15, 0.2) is 0 Å². The molecule has 0 saturated carbocycles. The Hall–Kier alpha value is -3.57. The van der Waals surface area contributed by atoms with E-state index in [-0.39, 0.29) is 5.91 Å². The van der Waals surface area contributed by atoms with Crippen LogP contribution in [0, 0.1) is 6.92 Å². The van der Waals surface area contributed by atoms with E-state index in [0.29, 0.717) is 17.8 Å². The zero-order valence-corrected chi connectivity index (χ0v) is 18.6. The smallest absolute Gasteiger partial charge is 0.252 e. The van der Waals surface area contributed by atoms with Gasteiger partial charge in [-0.15, -0.1) is 0 Å². The van der Waals surface area contributed by atoms with Crippen LogP contribution >= 0.6 is 0 Å². The standard InChI is InChI=1S/C27H28N4O/c1-20-12-13-24-22(17-20)23(18-26(30-24)25-11-6-7-14-28-25)27(32)29-15-8-16-31(2)19-21-9-4-3-5-10-21/h3-7,9-14,17-18H,8,15-16,19H2,1-2H3,(H,29,32). The molecule has 0 unspecified atom stereocenters. The maximum absolute atomic E-state index is 13.1. The number of carbonyl (C=O) groups is 1. The number of hydrogen-bond acceptors (Lipinski definition) is 4. The molecule has 162 valence electrons. The number of amides is 1. The third-order valence-corrected chi connectivity index (χ3v) is 5.43. The summed E-state index contributed by atoms with van der Waals surface area (Å²) in [5, 5.41) is 3.96. The monoisotopic (exact) mass is 424 g/mol. The molecule has 0 aliphatic heterocycles. The summed E-state index contributed by atoms with van der Waals surface area (Å²) in [6.45, 7) is 4.45. The lowest BCUT2D eigenvalue weighted by atomic mass is 10.0. The lowest BCUT2D eigenvalue weighted by Gasteiger charge is -2.17. The van der Waals surface area contributed by atoms with E-state index in [0.717, 1.165) is 41.7 Å². The van der Waals surface area contributed by atoms with E-state index < -0.39 is 0 Å². The Labute approximate surface area is 189 Å². The first kappa shape index (κ1) is 21.7. The van der Waals surface area contributed by atoms with Crippen molar-refractivity contribution in [3.63, 3.8) is 0 Å². The number of nitrogens with one attached hydrogen (secondary N) is 1. The van der Waals surface area contributed by atoms with Crippen molar-refractivity contribution in [3.8, 4) is 11.4 Å². The van der Waals surface area contributed by atoms with Crippen LogP contribution in [0.25, 0.3) is 22.3 Å². The largest absolute Gasteiger partial charge is 0.352 e. The fourth-order valence-electron chi connectivity index (χ4n) is 3.79. The van der Waals surface area contributed by atoms with Crippen molar-refractivity contribution in [2.45, 2.75) is 19.9 Å². The van der Waals surface area contributed by atoms with Gasteiger partial charge in [-0.3, -0.25) is 9.78 Å². The molecule has 0 atom stereocenters. The topological polar surface area (TPSA) is 58.1 Å². The van der Waals surface area contributed by atoms with E-state index in [1.807, 2.05) is 55.5 Å². The van der Waals surface area contributed by atoms with E-state index in [2.05, 4.69) is 46.5 Å². The maximum atomic E-state index is 13.1. The molecular weight excluding hydrogens is 396 g/mol. The van der Waals surface area contributed by atoms with E-state index in [1.165, 1.54) is 5.56 Å². The van der Waals surface area contributed by atoms with Gasteiger partial charge in [-0.25, -0.2) is 4.98 Å². The molecule has 2 aromatic carbocycles. The number of pyridine rings is 2. The number of carbonyl (C=O) groups excluding carboxylic acids is 1. The molecule has 0 saturated heterocycles. The van der Waals surface area contributed by atoms with Gasteiger partial charge in [0.05, 0.1) is 22.5 Å². The molecule has 0 fully saturated rings. The first-order chi connectivity index (χ1) is 15.6. The molecule has 2 aromatic heterocycles. The second kappa shape index (κ2) is 10.2. The number of nitrogens with zero attached hydrogens (tertiary/aromatic N) is 3. The Balaban J connectivity index is 1.45. The van der Waals surface area contributed by atoms with Gasteiger partial charge in [0, 0.05) is 24.7 Å². The molecule has 0 aliphatic carbocycles. The fourth-order valence-corrected chi connectivity index (χ4v) is 3.79. The van der Waals surface area contributed by atoms with Gasteiger partial charge in [-0.05, 0) is 62.8 Å². The second-order valence-corrected chi connectivity index (χ2v) is 8.12. The molecule has 32 heavy (non-hydrogen) atoms. The Morgan fingerprint density at radius 3 is 2.56 bits per heavy atom. The third kappa shape index (κ3) is 5.37. The van der Waals surface area contributed by atoms with Gasteiger partial charge in [0.25, 0.3) is 5.91 Å². The number of rotatable bonds is 8. The van der Waals surface area contributed by atoms with Gasteiger partial charge in [-0.2, -0.15) is 0 Å². The third-order valence-electron chi connectivity index (χ3n) is 5.43. The van der Waals surface area contributed by atoms with Gasteiger partial charge in [-0.1, -0.05) is 48.0 Å². The summed E-state index contributed by atoms with van der Waals surface area (Å²) in [7, 11) is 2.10. The van der Waals surface area contributed by atoms with Crippen LogP contribution in [0.1, 0.15) is 27.9 Å². The minimum Gasteiger partial charge on any atom is -0.352 e. The molecule has 1 N–H and O–H groups in total. The number of fused-ring (bicyclic) bond motifs is 1. The second-order valence-electron chi connectivity index (χ2n) is 8.12. The SMILES string of the molecule is Cc1ccc2nc(-c3ccccn3)cc(C(=O)NCCCN(C)Cc3ccccc3)c2c1. The molecule has 0 radical (unpaired) electrons. The average molecular weight is 425 g/mol. The number of hydrogen-bond donors (Lipinski definition) is 1. The van der Waals surface area contributed by atoms with Gasteiger partial charge < -0.3 is 10.2 Å². The van der Waals surface area contributed by atoms with E-state index in [1.54, 1.807) is 6.20 Å². The molecule has 0 spiro atoms. The molecule has 5 nitrogen and oxygen atoms in total. The number of aromatic nitrogens is 2. The van der Waals surface area contributed by atoms with Crippen molar-refractivity contribution >= 4 is 16.8 Å². The molecular formula is C27H28N4O.